The van der Waals surface area contributed by atoms with Crippen LogP contribution in [-0.2, 0) is 13.0 Å². The van der Waals surface area contributed by atoms with Gasteiger partial charge in [-0.05, 0) is 24.6 Å². The molecule has 0 saturated carbocycles. The normalized spacial score (nSPS) is 10.5. The molecule has 0 fully saturated rings. The first-order chi connectivity index (χ1) is 9.10. The largest absolute Gasteiger partial charge is 0.345 e. The molecule has 0 aliphatic rings. The molecule has 0 atom stereocenters. The minimum absolute atomic E-state index is 0.0293. The molecule has 3 nitrogen and oxygen atoms in total. The van der Waals surface area contributed by atoms with E-state index in [1.54, 1.807) is 23.6 Å². The van der Waals surface area contributed by atoms with E-state index < -0.39 is 11.7 Å². The zero-order valence-electron chi connectivity index (χ0n) is 10.2. The highest BCUT2D eigenvalue weighted by Crippen LogP contribution is 2.16. The molecule has 1 heterocycles. The molecule has 0 aliphatic carbocycles. The van der Waals surface area contributed by atoms with E-state index in [0.717, 1.165) is 16.3 Å². The number of benzene rings is 1. The molecule has 0 radical (unpaired) electrons. The van der Waals surface area contributed by atoms with Crippen LogP contribution < -0.4 is 5.32 Å². The lowest BCUT2D eigenvalue weighted by Gasteiger charge is -2.04. The van der Waals surface area contributed by atoms with E-state index in [2.05, 4.69) is 26.2 Å². The number of hydrogen-bond donors (Lipinski definition) is 1. The van der Waals surface area contributed by atoms with E-state index in [1.165, 1.54) is 12.1 Å². The molecule has 19 heavy (non-hydrogen) atoms. The van der Waals surface area contributed by atoms with Gasteiger partial charge in [0, 0.05) is 15.5 Å². The summed E-state index contributed by atoms with van der Waals surface area (Å²) in [5.41, 5.74) is 0.0293. The van der Waals surface area contributed by atoms with Crippen LogP contribution in [-0.4, -0.2) is 10.9 Å². The number of carbonyl (C=O) groups excluding carboxylic acids is 1. The summed E-state index contributed by atoms with van der Waals surface area (Å²) in [7, 11) is 0. The highest BCUT2D eigenvalue weighted by molar-refractivity contribution is 9.10. The Hall–Kier alpha value is -1.27. The summed E-state index contributed by atoms with van der Waals surface area (Å²) in [5.74, 6) is -0.971. The predicted octanol–water partition coefficient (Wildman–Crippen LogP) is 3.54. The Kier molecular flexibility index (Phi) is 4.66. The molecule has 0 aliphatic heterocycles. The Morgan fingerprint density at radius 2 is 2.32 bits per heavy atom. The molecule has 2 aromatic rings. The number of rotatable bonds is 4. The van der Waals surface area contributed by atoms with Gasteiger partial charge < -0.3 is 5.32 Å². The van der Waals surface area contributed by atoms with Crippen molar-refractivity contribution in [2.75, 3.05) is 0 Å². The van der Waals surface area contributed by atoms with Crippen LogP contribution in [0, 0.1) is 5.82 Å². The van der Waals surface area contributed by atoms with Gasteiger partial charge in [0.1, 0.15) is 10.8 Å². The predicted molar refractivity (Wildman–Crippen MR) is 76.8 cm³/mol. The number of aromatic nitrogens is 1. The molecule has 0 spiro atoms. The third-order valence-electron chi connectivity index (χ3n) is 2.52. The van der Waals surface area contributed by atoms with E-state index in [9.17, 15) is 9.18 Å². The fourth-order valence-electron chi connectivity index (χ4n) is 1.52. The molecule has 100 valence electrons. The van der Waals surface area contributed by atoms with Gasteiger partial charge in [0.2, 0.25) is 0 Å². The van der Waals surface area contributed by atoms with Gasteiger partial charge >= 0.3 is 0 Å². The van der Waals surface area contributed by atoms with Gasteiger partial charge in [-0.2, -0.15) is 0 Å². The van der Waals surface area contributed by atoms with E-state index in [-0.39, 0.29) is 5.56 Å². The van der Waals surface area contributed by atoms with E-state index in [0.29, 0.717) is 11.0 Å². The number of thiazole rings is 1. The highest BCUT2D eigenvalue weighted by atomic mass is 79.9. The molecule has 1 amide bonds. The van der Waals surface area contributed by atoms with Crippen LogP contribution in [0.25, 0.3) is 0 Å². The molecule has 1 N–H and O–H groups in total. The number of amides is 1. The number of carbonyl (C=O) groups is 1. The average Bonchev–Trinajstić information content (AvgIpc) is 2.87. The van der Waals surface area contributed by atoms with Gasteiger partial charge in [-0.15, -0.1) is 11.3 Å². The number of aryl methyl sites for hydroxylation is 1. The summed E-state index contributed by atoms with van der Waals surface area (Å²) in [6.07, 6.45) is 2.72. The summed E-state index contributed by atoms with van der Waals surface area (Å²) in [5, 5.41) is 3.49. The lowest BCUT2D eigenvalue weighted by molar-refractivity contribution is 0.0947. The SMILES string of the molecule is CCc1cnc(CNC(=O)c2cc(Br)ccc2F)s1. The van der Waals surface area contributed by atoms with Gasteiger partial charge in [0.05, 0.1) is 12.1 Å². The van der Waals surface area contributed by atoms with Crippen molar-refractivity contribution in [2.45, 2.75) is 19.9 Å². The third-order valence-corrected chi connectivity index (χ3v) is 4.16. The average molecular weight is 343 g/mol. The zero-order valence-corrected chi connectivity index (χ0v) is 12.6. The lowest BCUT2D eigenvalue weighted by atomic mass is 10.2. The van der Waals surface area contributed by atoms with Crippen molar-refractivity contribution in [1.29, 1.82) is 0 Å². The van der Waals surface area contributed by atoms with Crippen molar-refractivity contribution >= 4 is 33.2 Å². The maximum absolute atomic E-state index is 13.5. The Balaban J connectivity index is 2.03. The van der Waals surface area contributed by atoms with Gasteiger partial charge in [0.15, 0.2) is 0 Å². The van der Waals surface area contributed by atoms with E-state index in [1.807, 2.05) is 6.92 Å². The van der Waals surface area contributed by atoms with Crippen molar-refractivity contribution in [1.82, 2.24) is 10.3 Å². The minimum Gasteiger partial charge on any atom is -0.345 e. The fraction of sp³-hybridized carbons (Fsp3) is 0.231. The van der Waals surface area contributed by atoms with Crippen LogP contribution in [0.3, 0.4) is 0 Å². The number of hydrogen-bond acceptors (Lipinski definition) is 3. The molecule has 0 bridgehead atoms. The van der Waals surface area contributed by atoms with Crippen molar-refractivity contribution < 1.29 is 9.18 Å². The maximum atomic E-state index is 13.5. The van der Waals surface area contributed by atoms with Crippen LogP contribution in [0.4, 0.5) is 4.39 Å². The lowest BCUT2D eigenvalue weighted by Crippen LogP contribution is -2.23. The van der Waals surface area contributed by atoms with Crippen molar-refractivity contribution in [3.05, 3.63) is 50.1 Å². The standard InChI is InChI=1S/C13H12BrFN2OS/c1-2-9-6-16-12(19-9)7-17-13(18)10-5-8(14)3-4-11(10)15/h3-6H,2,7H2,1H3,(H,17,18). The fourth-order valence-corrected chi connectivity index (χ4v) is 2.68. The van der Waals surface area contributed by atoms with Gasteiger partial charge in [-0.3, -0.25) is 4.79 Å². The minimum atomic E-state index is -0.533. The second-order valence-electron chi connectivity index (χ2n) is 3.88. The first-order valence-electron chi connectivity index (χ1n) is 5.77. The van der Waals surface area contributed by atoms with Crippen LogP contribution in [0.15, 0.2) is 28.9 Å². The van der Waals surface area contributed by atoms with E-state index >= 15 is 0 Å². The van der Waals surface area contributed by atoms with Gasteiger partial charge in [-0.1, -0.05) is 22.9 Å². The molecular weight excluding hydrogens is 331 g/mol. The van der Waals surface area contributed by atoms with Crippen molar-refractivity contribution in [3.63, 3.8) is 0 Å². The molecular formula is C13H12BrFN2OS. The number of halogens is 2. The summed E-state index contributed by atoms with van der Waals surface area (Å²) >= 11 is 4.76. The Labute approximate surface area is 123 Å². The third kappa shape index (κ3) is 3.61. The Bertz CT molecular complexity index is 600. The molecule has 0 saturated heterocycles. The number of nitrogens with zero attached hydrogens (tertiary/aromatic N) is 1. The maximum Gasteiger partial charge on any atom is 0.254 e. The molecule has 2 rings (SSSR count). The monoisotopic (exact) mass is 342 g/mol. The second kappa shape index (κ2) is 6.25. The first-order valence-corrected chi connectivity index (χ1v) is 7.38. The Morgan fingerprint density at radius 3 is 3.00 bits per heavy atom. The molecule has 1 aromatic carbocycles. The van der Waals surface area contributed by atoms with Crippen LogP contribution in [0.1, 0.15) is 27.2 Å². The molecule has 1 aromatic heterocycles. The zero-order chi connectivity index (χ0) is 13.8. The van der Waals surface area contributed by atoms with Crippen LogP contribution >= 0.6 is 27.3 Å². The summed E-state index contributed by atoms with van der Waals surface area (Å²) in [6.45, 7) is 2.36. The topological polar surface area (TPSA) is 42.0 Å². The molecule has 0 unspecified atom stereocenters. The van der Waals surface area contributed by atoms with Crippen molar-refractivity contribution in [2.24, 2.45) is 0 Å². The van der Waals surface area contributed by atoms with Crippen LogP contribution in [0.5, 0.6) is 0 Å². The summed E-state index contributed by atoms with van der Waals surface area (Å²) in [6, 6.07) is 4.28. The highest BCUT2D eigenvalue weighted by Gasteiger charge is 2.12. The summed E-state index contributed by atoms with van der Waals surface area (Å²) in [4.78, 5) is 17.2. The van der Waals surface area contributed by atoms with Gasteiger partial charge in [-0.25, -0.2) is 9.37 Å². The summed E-state index contributed by atoms with van der Waals surface area (Å²) < 4.78 is 14.2. The molecule has 6 heteroatoms. The smallest absolute Gasteiger partial charge is 0.254 e. The van der Waals surface area contributed by atoms with Crippen LogP contribution in [0.2, 0.25) is 0 Å². The van der Waals surface area contributed by atoms with E-state index in [4.69, 9.17) is 0 Å². The van der Waals surface area contributed by atoms with Crippen molar-refractivity contribution in [3.8, 4) is 0 Å². The second-order valence-corrected chi connectivity index (χ2v) is 6.00. The quantitative estimate of drug-likeness (QED) is 0.923. The van der Waals surface area contributed by atoms with Gasteiger partial charge in [0.25, 0.3) is 5.91 Å². The first kappa shape index (κ1) is 14.1. The Morgan fingerprint density at radius 1 is 1.53 bits per heavy atom. The number of nitrogens with one attached hydrogen (secondary N) is 1.